The molecular formula is C30H52. The fourth-order valence-corrected chi connectivity index (χ4v) is 7.24. The lowest BCUT2D eigenvalue weighted by Crippen LogP contribution is -2.21. The van der Waals surface area contributed by atoms with E-state index in [9.17, 15) is 0 Å². The van der Waals surface area contributed by atoms with E-state index in [1.165, 1.54) is 116 Å². The van der Waals surface area contributed by atoms with Crippen LogP contribution in [-0.2, 0) is 0 Å². The van der Waals surface area contributed by atoms with Gasteiger partial charge in [0.1, 0.15) is 0 Å². The quantitative estimate of drug-likeness (QED) is 0.403. The lowest BCUT2D eigenvalue weighted by Gasteiger charge is -2.35. The zero-order valence-corrected chi connectivity index (χ0v) is 21.0. The van der Waals surface area contributed by atoms with Gasteiger partial charge in [-0.3, -0.25) is 0 Å². The Morgan fingerprint density at radius 2 is 0.633 bits per heavy atom. The summed E-state index contributed by atoms with van der Waals surface area (Å²) in [6.45, 7) is 9.74. The third-order valence-corrected chi connectivity index (χ3v) is 9.38. The lowest BCUT2D eigenvalue weighted by molar-refractivity contribution is 0.278. The van der Waals surface area contributed by atoms with Gasteiger partial charge >= 0.3 is 0 Å². The Labute approximate surface area is 189 Å². The number of allylic oxidation sites excluding steroid dienone is 4. The topological polar surface area (TPSA) is 0 Å². The van der Waals surface area contributed by atoms with Gasteiger partial charge in [0.25, 0.3) is 0 Å². The first kappa shape index (κ1) is 24.1. The van der Waals surface area contributed by atoms with Crippen molar-refractivity contribution < 1.29 is 0 Å². The van der Waals surface area contributed by atoms with Crippen LogP contribution in [0.15, 0.2) is 22.3 Å². The van der Waals surface area contributed by atoms with Crippen LogP contribution in [-0.4, -0.2) is 0 Å². The lowest BCUT2D eigenvalue weighted by atomic mass is 9.70. The number of rotatable bonds is 4. The highest BCUT2D eigenvalue weighted by atomic mass is 14.3. The van der Waals surface area contributed by atoms with E-state index < -0.39 is 0 Å². The highest BCUT2D eigenvalue weighted by Gasteiger charge is 2.29. The molecule has 0 heteroatoms. The van der Waals surface area contributed by atoms with Gasteiger partial charge in [-0.25, -0.2) is 0 Å². The van der Waals surface area contributed by atoms with E-state index in [-0.39, 0.29) is 0 Å². The van der Waals surface area contributed by atoms with Crippen LogP contribution in [0.3, 0.4) is 0 Å². The van der Waals surface area contributed by atoms with E-state index in [0.717, 1.165) is 23.7 Å². The summed E-state index contributed by atoms with van der Waals surface area (Å²) >= 11 is 0. The maximum Gasteiger partial charge on any atom is -0.0286 e. The zero-order chi connectivity index (χ0) is 21.3. The van der Waals surface area contributed by atoms with Crippen molar-refractivity contribution in [3.8, 4) is 0 Å². The third-order valence-electron chi connectivity index (χ3n) is 9.38. The molecule has 0 aliphatic heterocycles. The standard InChI is InChI=1S/C30H52/c1-5-23-19-27-15-11-9-13-17-29-21-25(7-3)26(8-4)22-30(29)18-14-10-12-16-28(27)20-24(23)6-2/h23-26H,5-22H2,1-4H3. The third kappa shape index (κ3) is 6.26. The van der Waals surface area contributed by atoms with E-state index >= 15 is 0 Å². The van der Waals surface area contributed by atoms with Gasteiger partial charge in [0.2, 0.25) is 0 Å². The Morgan fingerprint density at radius 1 is 0.400 bits per heavy atom. The van der Waals surface area contributed by atoms with Crippen LogP contribution >= 0.6 is 0 Å². The zero-order valence-electron chi connectivity index (χ0n) is 21.0. The van der Waals surface area contributed by atoms with Crippen molar-refractivity contribution in [2.45, 2.75) is 143 Å². The molecular weight excluding hydrogens is 360 g/mol. The van der Waals surface area contributed by atoms with Gasteiger partial charge in [0.15, 0.2) is 0 Å². The number of hydrogen-bond donors (Lipinski definition) is 0. The summed E-state index contributed by atoms with van der Waals surface area (Å²) in [5.41, 5.74) is 7.66. The second kappa shape index (κ2) is 12.5. The van der Waals surface area contributed by atoms with E-state index in [2.05, 4.69) is 27.7 Å². The Hall–Kier alpha value is -0.520. The van der Waals surface area contributed by atoms with Crippen molar-refractivity contribution in [1.29, 1.82) is 0 Å². The van der Waals surface area contributed by atoms with Crippen molar-refractivity contribution in [1.82, 2.24) is 0 Å². The molecule has 0 saturated heterocycles. The Bertz CT molecular complexity index is 477. The molecule has 0 aromatic carbocycles. The second-order valence-corrected chi connectivity index (χ2v) is 11.0. The summed E-state index contributed by atoms with van der Waals surface area (Å²) in [7, 11) is 0. The molecule has 0 saturated carbocycles. The molecule has 172 valence electrons. The molecule has 4 unspecified atom stereocenters. The second-order valence-electron chi connectivity index (χ2n) is 11.0. The molecule has 0 spiro atoms. The van der Waals surface area contributed by atoms with Crippen molar-refractivity contribution in [2.75, 3.05) is 0 Å². The van der Waals surface area contributed by atoms with Crippen molar-refractivity contribution in [3.05, 3.63) is 22.3 Å². The Kier molecular flexibility index (Phi) is 10.1. The van der Waals surface area contributed by atoms with Crippen LogP contribution in [0, 0.1) is 23.7 Å². The molecule has 30 heavy (non-hydrogen) atoms. The van der Waals surface area contributed by atoms with Crippen LogP contribution in [0.2, 0.25) is 0 Å². The van der Waals surface area contributed by atoms with Crippen molar-refractivity contribution >= 4 is 0 Å². The molecule has 0 amide bonds. The summed E-state index contributed by atoms with van der Waals surface area (Å²) in [6.07, 6.45) is 25.7. The SMILES string of the molecule is CCC1CC2=C(CCCCCC3=C(CCCCC2)CC(CC)C(CC)C3)CC1CC. The predicted molar refractivity (Wildman–Crippen MR) is 134 cm³/mol. The molecule has 0 N–H and O–H groups in total. The minimum absolute atomic E-state index is 0.972. The van der Waals surface area contributed by atoms with Gasteiger partial charge in [0, 0.05) is 0 Å². The fourth-order valence-electron chi connectivity index (χ4n) is 7.24. The van der Waals surface area contributed by atoms with E-state index in [4.69, 9.17) is 0 Å². The highest BCUT2D eigenvalue weighted by Crippen LogP contribution is 2.43. The molecule has 0 radical (unpaired) electrons. The average molecular weight is 413 g/mol. The largest absolute Gasteiger partial charge is 0.0707 e. The predicted octanol–water partition coefficient (Wildman–Crippen LogP) is 10.2. The Balaban J connectivity index is 1.65. The number of hydrogen-bond acceptors (Lipinski definition) is 0. The average Bonchev–Trinajstić information content (AvgIpc) is 2.78. The van der Waals surface area contributed by atoms with Gasteiger partial charge in [0.05, 0.1) is 0 Å². The molecule has 0 fully saturated rings. The molecule has 3 rings (SSSR count). The maximum atomic E-state index is 2.43. The van der Waals surface area contributed by atoms with Gasteiger partial charge in [-0.1, -0.05) is 88.5 Å². The van der Waals surface area contributed by atoms with Crippen LogP contribution in [0.5, 0.6) is 0 Å². The van der Waals surface area contributed by atoms with Crippen LogP contribution < -0.4 is 0 Å². The summed E-state index contributed by atoms with van der Waals surface area (Å²) in [6, 6.07) is 0. The van der Waals surface area contributed by atoms with Gasteiger partial charge in [-0.15, -0.1) is 0 Å². The first-order valence-corrected chi connectivity index (χ1v) is 14.1. The van der Waals surface area contributed by atoms with E-state index in [1.54, 1.807) is 0 Å². The molecule has 0 nitrogen and oxygen atoms in total. The molecule has 0 aromatic rings. The summed E-state index contributed by atoms with van der Waals surface area (Å²) in [5.74, 6) is 3.89. The maximum absolute atomic E-state index is 2.43. The first-order chi connectivity index (χ1) is 14.7. The summed E-state index contributed by atoms with van der Waals surface area (Å²) in [5, 5.41) is 0. The minimum atomic E-state index is 0.972. The van der Waals surface area contributed by atoms with Crippen molar-refractivity contribution in [3.63, 3.8) is 0 Å². The molecule has 3 aliphatic carbocycles. The first-order valence-electron chi connectivity index (χ1n) is 14.1. The molecule has 3 aliphatic rings. The summed E-state index contributed by atoms with van der Waals surface area (Å²) in [4.78, 5) is 0. The fraction of sp³-hybridized carbons (Fsp3) is 0.867. The van der Waals surface area contributed by atoms with E-state index in [1.807, 2.05) is 22.3 Å². The van der Waals surface area contributed by atoms with Gasteiger partial charge in [-0.05, 0) is 101 Å². The van der Waals surface area contributed by atoms with Crippen molar-refractivity contribution in [2.24, 2.45) is 23.7 Å². The highest BCUT2D eigenvalue weighted by molar-refractivity contribution is 5.21. The molecule has 0 heterocycles. The smallest absolute Gasteiger partial charge is 0.0286 e. The van der Waals surface area contributed by atoms with Gasteiger partial charge < -0.3 is 0 Å². The monoisotopic (exact) mass is 412 g/mol. The minimum Gasteiger partial charge on any atom is -0.0707 e. The van der Waals surface area contributed by atoms with Crippen LogP contribution in [0.25, 0.3) is 0 Å². The molecule has 0 aromatic heterocycles. The van der Waals surface area contributed by atoms with E-state index in [0.29, 0.717) is 0 Å². The normalized spacial score (nSPS) is 32.4. The van der Waals surface area contributed by atoms with Crippen LogP contribution in [0.4, 0.5) is 0 Å². The van der Waals surface area contributed by atoms with Gasteiger partial charge in [-0.2, -0.15) is 0 Å². The molecule has 0 bridgehead atoms. The Morgan fingerprint density at radius 3 is 0.833 bits per heavy atom. The summed E-state index contributed by atoms with van der Waals surface area (Å²) < 4.78 is 0. The molecule has 4 atom stereocenters. The van der Waals surface area contributed by atoms with Crippen LogP contribution in [0.1, 0.15) is 143 Å².